The summed E-state index contributed by atoms with van der Waals surface area (Å²) in [6.45, 7) is 1.92. The topological polar surface area (TPSA) is 80.3 Å². The van der Waals surface area contributed by atoms with Crippen LogP contribution in [0.4, 0.5) is 5.69 Å². The van der Waals surface area contributed by atoms with Crippen molar-refractivity contribution in [2.24, 2.45) is 0 Å². The van der Waals surface area contributed by atoms with Crippen molar-refractivity contribution in [2.45, 2.75) is 6.92 Å². The molecule has 0 atom stereocenters. The summed E-state index contributed by atoms with van der Waals surface area (Å²) in [6, 6.07) is 32.6. The van der Waals surface area contributed by atoms with Gasteiger partial charge < -0.3 is 14.2 Å². The lowest BCUT2D eigenvalue weighted by atomic mass is 10.0. The van der Waals surface area contributed by atoms with E-state index in [0.29, 0.717) is 33.5 Å². The van der Waals surface area contributed by atoms with Crippen LogP contribution in [0.1, 0.15) is 16.1 Å². The maximum absolute atomic E-state index is 12.7. The monoisotopic (exact) mass is 563 g/mol. The van der Waals surface area contributed by atoms with E-state index in [-0.39, 0.29) is 10.9 Å². The fourth-order valence-corrected chi connectivity index (χ4v) is 4.64. The molecule has 40 heavy (non-hydrogen) atoms. The minimum atomic E-state index is -0.467. The van der Waals surface area contributed by atoms with Crippen LogP contribution in [0.25, 0.3) is 45.0 Å². The summed E-state index contributed by atoms with van der Waals surface area (Å²) < 4.78 is 11.7. The predicted molar refractivity (Wildman–Crippen MR) is 162 cm³/mol. The predicted octanol–water partition coefficient (Wildman–Crippen LogP) is 8.51. The number of hydrogen-bond acceptors (Lipinski definition) is 5. The molecule has 196 valence electrons. The summed E-state index contributed by atoms with van der Waals surface area (Å²) in [5.74, 6) is 0.718. The van der Waals surface area contributed by atoms with Gasteiger partial charge in [-0.1, -0.05) is 66.2 Å². The van der Waals surface area contributed by atoms with Crippen molar-refractivity contribution < 1.29 is 13.6 Å². The highest BCUT2D eigenvalue weighted by Crippen LogP contribution is 2.29. The number of halogens is 1. The van der Waals surface area contributed by atoms with Gasteiger partial charge in [-0.3, -0.25) is 10.1 Å². The number of carbonyl (C=O) groups is 1. The molecule has 6 nitrogen and oxygen atoms in total. The van der Waals surface area contributed by atoms with E-state index in [9.17, 15) is 4.79 Å². The van der Waals surface area contributed by atoms with Crippen LogP contribution in [-0.2, 0) is 0 Å². The first-order valence-electron chi connectivity index (χ1n) is 12.5. The van der Waals surface area contributed by atoms with Crippen molar-refractivity contribution >= 4 is 51.6 Å². The van der Waals surface area contributed by atoms with E-state index in [1.807, 2.05) is 73.7 Å². The molecule has 0 bridgehead atoms. The van der Waals surface area contributed by atoms with E-state index in [0.717, 1.165) is 27.8 Å². The molecule has 6 rings (SSSR count). The van der Waals surface area contributed by atoms with Gasteiger partial charge in [-0.25, -0.2) is 4.98 Å². The van der Waals surface area contributed by atoms with Gasteiger partial charge in [0.1, 0.15) is 11.3 Å². The Hall–Kier alpha value is -4.72. The van der Waals surface area contributed by atoms with Gasteiger partial charge in [0.05, 0.1) is 0 Å². The van der Waals surface area contributed by atoms with Crippen LogP contribution in [-0.4, -0.2) is 16.0 Å². The van der Waals surface area contributed by atoms with Crippen LogP contribution in [0.3, 0.4) is 0 Å². The number of aryl methyl sites for hydroxylation is 1. The van der Waals surface area contributed by atoms with E-state index < -0.39 is 5.91 Å². The third-order valence-electron chi connectivity index (χ3n) is 6.40. The summed E-state index contributed by atoms with van der Waals surface area (Å²) in [5.41, 5.74) is 6.84. The van der Waals surface area contributed by atoms with E-state index in [2.05, 4.69) is 27.8 Å². The molecule has 0 aliphatic heterocycles. The average molecular weight is 564 g/mol. The lowest BCUT2D eigenvalue weighted by Crippen LogP contribution is -2.33. The van der Waals surface area contributed by atoms with Gasteiger partial charge in [-0.2, -0.15) is 0 Å². The third kappa shape index (κ3) is 5.38. The van der Waals surface area contributed by atoms with Gasteiger partial charge in [0.25, 0.3) is 5.91 Å². The Balaban J connectivity index is 1.12. The first kappa shape index (κ1) is 25.6. The standard InChI is InChI=1S/C32H22ClN3O3S/c1-19-7-8-23(17-25(19)33)27-15-16-29(38-27)30(37)36-32(40)34-24-13-14-28-26(18-24)35-31(39-28)22-11-9-21(10-12-22)20-5-3-2-4-6-20/h2-18H,1H3,(H2,34,36,37,40). The molecule has 0 saturated heterocycles. The number of carbonyl (C=O) groups excluding carboxylic acids is 1. The first-order valence-corrected chi connectivity index (χ1v) is 13.3. The highest BCUT2D eigenvalue weighted by Gasteiger charge is 2.15. The number of nitrogens with one attached hydrogen (secondary N) is 2. The van der Waals surface area contributed by atoms with Crippen LogP contribution >= 0.6 is 23.8 Å². The Morgan fingerprint density at radius 2 is 1.52 bits per heavy atom. The van der Waals surface area contributed by atoms with Crippen LogP contribution in [0.5, 0.6) is 0 Å². The Morgan fingerprint density at radius 3 is 2.30 bits per heavy atom. The van der Waals surface area contributed by atoms with Gasteiger partial charge in [0.2, 0.25) is 5.89 Å². The van der Waals surface area contributed by atoms with Crippen molar-refractivity contribution in [3.05, 3.63) is 119 Å². The van der Waals surface area contributed by atoms with Crippen LogP contribution in [0, 0.1) is 6.92 Å². The van der Waals surface area contributed by atoms with Gasteiger partial charge in [0.15, 0.2) is 16.5 Å². The Bertz CT molecular complexity index is 1860. The Labute approximate surface area is 240 Å². The maximum Gasteiger partial charge on any atom is 0.293 e. The number of fused-ring (bicyclic) bond motifs is 1. The van der Waals surface area contributed by atoms with Gasteiger partial charge >= 0.3 is 0 Å². The number of aromatic nitrogens is 1. The fraction of sp³-hybridized carbons (Fsp3) is 0.0312. The van der Waals surface area contributed by atoms with Gasteiger partial charge in [-0.05, 0) is 84.4 Å². The summed E-state index contributed by atoms with van der Waals surface area (Å²) in [6.07, 6.45) is 0. The van der Waals surface area contributed by atoms with Crippen LogP contribution in [0.2, 0.25) is 5.02 Å². The SMILES string of the molecule is Cc1ccc(-c2ccc(C(=O)NC(=S)Nc3ccc4oc(-c5ccc(-c6ccccc6)cc5)nc4c3)o2)cc1Cl. The second-order valence-corrected chi connectivity index (χ2v) is 10.00. The first-order chi connectivity index (χ1) is 19.4. The van der Waals surface area contributed by atoms with Crippen LogP contribution in [0.15, 0.2) is 112 Å². The van der Waals surface area contributed by atoms with Crippen molar-refractivity contribution in [3.8, 4) is 33.9 Å². The lowest BCUT2D eigenvalue weighted by Gasteiger charge is -2.08. The molecule has 0 aliphatic carbocycles. The molecule has 8 heteroatoms. The molecule has 0 fully saturated rings. The van der Waals surface area contributed by atoms with E-state index in [1.54, 1.807) is 24.3 Å². The van der Waals surface area contributed by atoms with Crippen molar-refractivity contribution in [2.75, 3.05) is 5.32 Å². The second-order valence-electron chi connectivity index (χ2n) is 9.18. The summed E-state index contributed by atoms with van der Waals surface area (Å²) in [7, 11) is 0. The molecule has 6 aromatic rings. The molecule has 0 spiro atoms. The zero-order valence-electron chi connectivity index (χ0n) is 21.3. The van der Waals surface area contributed by atoms with Gasteiger partial charge in [0, 0.05) is 21.8 Å². The molecule has 4 aromatic carbocycles. The molecule has 0 unspecified atom stereocenters. The minimum Gasteiger partial charge on any atom is -0.451 e. The number of thiocarbonyl (C=S) groups is 1. The second kappa shape index (κ2) is 10.8. The molecule has 0 radical (unpaired) electrons. The summed E-state index contributed by atoms with van der Waals surface area (Å²) in [5, 5.41) is 6.42. The molecule has 2 aromatic heterocycles. The number of hydrogen-bond donors (Lipinski definition) is 2. The molecule has 2 N–H and O–H groups in total. The number of nitrogens with zero attached hydrogens (tertiary/aromatic N) is 1. The number of oxazole rings is 1. The Kier molecular flexibility index (Phi) is 6.90. The molecule has 2 heterocycles. The zero-order chi connectivity index (χ0) is 27.6. The van der Waals surface area contributed by atoms with Crippen molar-refractivity contribution in [1.82, 2.24) is 10.3 Å². The highest BCUT2D eigenvalue weighted by molar-refractivity contribution is 7.80. The fourth-order valence-electron chi connectivity index (χ4n) is 4.25. The molecular weight excluding hydrogens is 542 g/mol. The Morgan fingerprint density at radius 1 is 0.800 bits per heavy atom. The maximum atomic E-state index is 12.7. The minimum absolute atomic E-state index is 0.126. The number of benzene rings is 4. The number of furan rings is 1. The number of rotatable bonds is 5. The number of amides is 1. The summed E-state index contributed by atoms with van der Waals surface area (Å²) in [4.78, 5) is 17.4. The van der Waals surface area contributed by atoms with Gasteiger partial charge in [-0.15, -0.1) is 0 Å². The average Bonchev–Trinajstić information content (AvgIpc) is 3.63. The quantitative estimate of drug-likeness (QED) is 0.205. The molecular formula is C32H22ClN3O3S. The normalized spacial score (nSPS) is 10.9. The van der Waals surface area contributed by atoms with E-state index in [1.165, 1.54) is 0 Å². The summed E-state index contributed by atoms with van der Waals surface area (Å²) >= 11 is 11.6. The molecule has 1 amide bonds. The van der Waals surface area contributed by atoms with E-state index >= 15 is 0 Å². The third-order valence-corrected chi connectivity index (χ3v) is 7.01. The molecule has 0 saturated carbocycles. The van der Waals surface area contributed by atoms with Crippen molar-refractivity contribution in [1.29, 1.82) is 0 Å². The lowest BCUT2D eigenvalue weighted by molar-refractivity contribution is 0.0951. The molecule has 0 aliphatic rings. The number of anilines is 1. The van der Waals surface area contributed by atoms with Crippen LogP contribution < -0.4 is 10.6 Å². The van der Waals surface area contributed by atoms with Crippen molar-refractivity contribution in [3.63, 3.8) is 0 Å². The zero-order valence-corrected chi connectivity index (χ0v) is 22.8. The highest BCUT2D eigenvalue weighted by atomic mass is 35.5. The largest absolute Gasteiger partial charge is 0.451 e. The smallest absolute Gasteiger partial charge is 0.293 e. The van der Waals surface area contributed by atoms with E-state index in [4.69, 9.17) is 32.7 Å².